The van der Waals surface area contributed by atoms with Crippen LogP contribution in [0.4, 0.5) is 5.69 Å². The van der Waals surface area contributed by atoms with Crippen LogP contribution in [-0.4, -0.2) is 47.0 Å². The highest BCUT2D eigenvalue weighted by Gasteiger charge is 2.52. The quantitative estimate of drug-likeness (QED) is 0.254. The number of anilines is 1. The Morgan fingerprint density at radius 1 is 0.889 bits per heavy atom. The molecule has 2 fully saturated rings. The van der Waals surface area contributed by atoms with Crippen molar-refractivity contribution in [3.8, 4) is 0 Å². The maximum Gasteiger partial charge on any atom is 0.338 e. The predicted octanol–water partition coefficient (Wildman–Crippen LogP) is 3.07. The van der Waals surface area contributed by atoms with Crippen molar-refractivity contribution in [3.05, 3.63) is 64.7 Å². The third-order valence-electron chi connectivity index (χ3n) is 6.04. The van der Waals surface area contributed by atoms with Gasteiger partial charge in [-0.3, -0.25) is 34.9 Å². The molecule has 0 aromatic heterocycles. The van der Waals surface area contributed by atoms with Crippen LogP contribution >= 0.6 is 34.8 Å². The molecule has 12 heteroatoms. The standard InChI is InChI=1S/C24H20Cl3N3O6/c25-17-4-2-1-3-14(17)21(32)29-28-20(31)11-36-24(35)12-5-7-13(8-6-12)30-22(33)15-9-18(26)19(27)10-16(15)23(30)34/h1-8,15-16,18-19H,9-11H2,(H,28,31)(H,29,32)/t15-,16-,18+,19+/m1/s1. The Bertz CT molecular complexity index is 1190. The van der Waals surface area contributed by atoms with Crippen LogP contribution in [0.5, 0.6) is 0 Å². The lowest BCUT2D eigenvalue weighted by molar-refractivity contribution is -0.125. The average molecular weight is 553 g/mol. The molecule has 2 aromatic carbocycles. The Balaban J connectivity index is 1.30. The van der Waals surface area contributed by atoms with Gasteiger partial charge in [-0.1, -0.05) is 23.7 Å². The molecule has 1 saturated heterocycles. The minimum Gasteiger partial charge on any atom is -0.452 e. The smallest absolute Gasteiger partial charge is 0.338 e. The normalized spacial score (nSPS) is 23.1. The Kier molecular flexibility index (Phi) is 7.82. The Hall–Kier alpha value is -3.14. The summed E-state index contributed by atoms with van der Waals surface area (Å²) in [5.74, 6) is -3.93. The van der Waals surface area contributed by atoms with Crippen molar-refractivity contribution in [1.82, 2.24) is 10.9 Å². The number of hydrogen-bond donors (Lipinski definition) is 2. The molecule has 1 saturated carbocycles. The van der Waals surface area contributed by atoms with E-state index in [1.165, 1.54) is 36.4 Å². The van der Waals surface area contributed by atoms with Crippen molar-refractivity contribution < 1.29 is 28.7 Å². The maximum atomic E-state index is 12.8. The van der Waals surface area contributed by atoms with Gasteiger partial charge in [0.2, 0.25) is 11.8 Å². The Morgan fingerprint density at radius 2 is 1.47 bits per heavy atom. The molecule has 0 radical (unpaired) electrons. The first-order valence-electron chi connectivity index (χ1n) is 10.9. The van der Waals surface area contributed by atoms with E-state index < -0.39 is 36.2 Å². The number of nitrogens with zero attached hydrogens (tertiary/aromatic N) is 1. The molecule has 9 nitrogen and oxygen atoms in total. The van der Waals surface area contributed by atoms with Crippen molar-refractivity contribution in [3.63, 3.8) is 0 Å². The van der Waals surface area contributed by atoms with Gasteiger partial charge >= 0.3 is 5.97 Å². The number of ether oxygens (including phenoxy) is 1. The molecule has 1 heterocycles. The molecular weight excluding hydrogens is 533 g/mol. The van der Waals surface area contributed by atoms with E-state index in [0.717, 1.165) is 4.90 Å². The van der Waals surface area contributed by atoms with Gasteiger partial charge in [0.15, 0.2) is 6.61 Å². The third-order valence-corrected chi connectivity index (χ3v) is 7.46. The number of imide groups is 1. The number of esters is 1. The highest BCUT2D eigenvalue weighted by molar-refractivity contribution is 6.34. The van der Waals surface area contributed by atoms with E-state index in [1.54, 1.807) is 12.1 Å². The molecule has 2 aromatic rings. The zero-order chi connectivity index (χ0) is 26.0. The summed E-state index contributed by atoms with van der Waals surface area (Å²) >= 11 is 18.3. The van der Waals surface area contributed by atoms with Gasteiger partial charge in [-0.25, -0.2) is 4.79 Å². The van der Waals surface area contributed by atoms with Crippen LogP contribution in [0, 0.1) is 11.8 Å². The topological polar surface area (TPSA) is 122 Å². The summed E-state index contributed by atoms with van der Waals surface area (Å²) in [5, 5.41) is -0.562. The molecule has 2 aliphatic rings. The molecule has 4 atom stereocenters. The number of hydrazine groups is 1. The highest BCUT2D eigenvalue weighted by atomic mass is 35.5. The van der Waals surface area contributed by atoms with Crippen molar-refractivity contribution in [2.75, 3.05) is 11.5 Å². The van der Waals surface area contributed by atoms with Gasteiger partial charge in [-0.05, 0) is 49.2 Å². The first-order chi connectivity index (χ1) is 17.2. The molecular formula is C24H20Cl3N3O6. The van der Waals surface area contributed by atoms with E-state index in [4.69, 9.17) is 39.5 Å². The van der Waals surface area contributed by atoms with Crippen LogP contribution in [-0.2, 0) is 19.1 Å². The summed E-state index contributed by atoms with van der Waals surface area (Å²) in [7, 11) is 0. The maximum absolute atomic E-state index is 12.8. The number of nitrogens with one attached hydrogen (secondary N) is 2. The van der Waals surface area contributed by atoms with Gasteiger partial charge in [-0.2, -0.15) is 0 Å². The highest BCUT2D eigenvalue weighted by Crippen LogP contribution is 2.43. The number of carbonyl (C=O) groups is 5. The summed E-state index contributed by atoms with van der Waals surface area (Å²) in [4.78, 5) is 63.1. The van der Waals surface area contributed by atoms with Gasteiger partial charge in [0, 0.05) is 0 Å². The summed E-state index contributed by atoms with van der Waals surface area (Å²) in [6.07, 6.45) is 0.652. The van der Waals surface area contributed by atoms with E-state index in [-0.39, 0.29) is 38.7 Å². The summed E-state index contributed by atoms with van der Waals surface area (Å²) in [6, 6.07) is 11.9. The van der Waals surface area contributed by atoms with Crippen LogP contribution in [0.2, 0.25) is 5.02 Å². The second-order valence-electron chi connectivity index (χ2n) is 8.33. The molecule has 0 bridgehead atoms. The number of alkyl halides is 2. The summed E-state index contributed by atoms with van der Waals surface area (Å²) in [5.41, 5.74) is 4.88. The van der Waals surface area contributed by atoms with Crippen molar-refractivity contribution in [1.29, 1.82) is 0 Å². The van der Waals surface area contributed by atoms with Crippen LogP contribution < -0.4 is 15.8 Å². The Labute approximate surface area is 221 Å². The zero-order valence-electron chi connectivity index (χ0n) is 18.6. The number of halogens is 3. The minimum atomic E-state index is -0.808. The Morgan fingerprint density at radius 3 is 2.06 bits per heavy atom. The SMILES string of the molecule is O=C(COC(=O)c1ccc(N2C(=O)[C@@H]3C[C@H](Cl)[C@@H](Cl)C[C@H]3C2=O)cc1)NNC(=O)c1ccccc1Cl. The lowest BCUT2D eigenvalue weighted by atomic mass is 9.80. The van der Waals surface area contributed by atoms with E-state index in [1.807, 2.05) is 0 Å². The van der Waals surface area contributed by atoms with Crippen LogP contribution in [0.3, 0.4) is 0 Å². The number of amides is 4. The summed E-state index contributed by atoms with van der Waals surface area (Å²) in [6.45, 7) is -0.658. The van der Waals surface area contributed by atoms with Gasteiger partial charge in [0.1, 0.15) is 0 Å². The van der Waals surface area contributed by atoms with Gasteiger partial charge < -0.3 is 4.74 Å². The fourth-order valence-electron chi connectivity index (χ4n) is 4.19. The fourth-order valence-corrected chi connectivity index (χ4v) is 5.00. The van der Waals surface area contributed by atoms with Crippen LogP contribution in [0.1, 0.15) is 33.6 Å². The first-order valence-corrected chi connectivity index (χ1v) is 12.2. The number of carbonyl (C=O) groups excluding carboxylic acids is 5. The molecule has 4 amide bonds. The summed E-state index contributed by atoms with van der Waals surface area (Å²) < 4.78 is 4.95. The van der Waals surface area contributed by atoms with Crippen molar-refractivity contribution >= 4 is 70.1 Å². The molecule has 4 rings (SSSR count). The van der Waals surface area contributed by atoms with Crippen molar-refractivity contribution in [2.24, 2.45) is 11.8 Å². The van der Waals surface area contributed by atoms with E-state index in [2.05, 4.69) is 10.9 Å². The molecule has 0 spiro atoms. The molecule has 2 N–H and O–H groups in total. The predicted molar refractivity (Wildman–Crippen MR) is 132 cm³/mol. The molecule has 0 unspecified atom stereocenters. The molecule has 1 aliphatic heterocycles. The van der Waals surface area contributed by atoms with Crippen molar-refractivity contribution in [2.45, 2.75) is 23.6 Å². The lowest BCUT2D eigenvalue weighted by Crippen LogP contribution is -2.43. The largest absolute Gasteiger partial charge is 0.452 e. The zero-order valence-corrected chi connectivity index (χ0v) is 20.8. The van der Waals surface area contributed by atoms with E-state index in [9.17, 15) is 24.0 Å². The molecule has 1 aliphatic carbocycles. The monoisotopic (exact) mass is 551 g/mol. The lowest BCUT2D eigenvalue weighted by Gasteiger charge is -2.28. The number of fused-ring (bicyclic) bond motifs is 1. The molecule has 36 heavy (non-hydrogen) atoms. The van der Waals surface area contributed by atoms with E-state index in [0.29, 0.717) is 18.5 Å². The van der Waals surface area contributed by atoms with E-state index >= 15 is 0 Å². The fraction of sp³-hybridized carbons (Fsp3) is 0.292. The van der Waals surface area contributed by atoms with Gasteiger partial charge in [0.25, 0.3) is 11.8 Å². The van der Waals surface area contributed by atoms with Crippen LogP contribution in [0.15, 0.2) is 48.5 Å². The second kappa shape index (κ2) is 10.9. The van der Waals surface area contributed by atoms with Gasteiger partial charge in [-0.15, -0.1) is 23.2 Å². The number of benzene rings is 2. The number of hydrogen-bond acceptors (Lipinski definition) is 6. The second-order valence-corrected chi connectivity index (χ2v) is 9.86. The first kappa shape index (κ1) is 25.9. The molecule has 188 valence electrons. The van der Waals surface area contributed by atoms with Crippen LogP contribution in [0.25, 0.3) is 0 Å². The van der Waals surface area contributed by atoms with Gasteiger partial charge in [0.05, 0.1) is 44.4 Å². The average Bonchev–Trinajstić information content (AvgIpc) is 3.10. The minimum absolute atomic E-state index is 0.102. The third kappa shape index (κ3) is 5.33. The number of rotatable bonds is 5.